The molecule has 0 saturated carbocycles. The minimum absolute atomic E-state index is 0.126. The first kappa shape index (κ1) is 12.3. The first-order chi connectivity index (χ1) is 7.04. The number of aliphatic hydroxyl groups is 1. The van der Waals surface area contributed by atoms with Crippen molar-refractivity contribution in [1.82, 2.24) is 0 Å². The molecular weight excluding hydrogens is 260 g/mol. The van der Waals surface area contributed by atoms with E-state index in [0.29, 0.717) is 12.2 Å². The average molecular weight is 275 g/mol. The van der Waals surface area contributed by atoms with Gasteiger partial charge in [0.25, 0.3) is 0 Å². The van der Waals surface area contributed by atoms with Crippen molar-refractivity contribution in [3.63, 3.8) is 0 Å². The summed E-state index contributed by atoms with van der Waals surface area (Å²) in [5.74, 6) is 0.573. The van der Waals surface area contributed by atoms with Gasteiger partial charge in [0.1, 0.15) is 0 Å². The highest BCUT2D eigenvalue weighted by Gasteiger charge is 2.08. The lowest BCUT2D eigenvalue weighted by Gasteiger charge is -2.10. The molecule has 0 amide bonds. The first-order valence-electron chi connectivity index (χ1n) is 4.78. The number of aliphatic hydroxyl groups excluding tert-OH is 1. The van der Waals surface area contributed by atoms with E-state index >= 15 is 0 Å². The number of phenolic OH excluding ortho intramolecular Hbond substituents is 1. The van der Waals surface area contributed by atoms with E-state index in [2.05, 4.69) is 15.9 Å². The SMILES string of the molecule is COc1cc(Br)c(CC[C@@H](C)O)cc1O. The van der Waals surface area contributed by atoms with Gasteiger partial charge >= 0.3 is 0 Å². The fourth-order valence-electron chi connectivity index (χ4n) is 1.31. The smallest absolute Gasteiger partial charge is 0.161 e. The standard InChI is InChI=1S/C11H15BrO3/c1-7(13)3-4-8-5-10(14)11(15-2)6-9(8)12/h5-7,13-14H,3-4H2,1-2H3/t7-/m1/s1. The second-order valence-electron chi connectivity index (χ2n) is 3.50. The van der Waals surface area contributed by atoms with E-state index in [9.17, 15) is 10.2 Å². The number of hydrogen-bond donors (Lipinski definition) is 2. The molecular formula is C11H15BrO3. The van der Waals surface area contributed by atoms with Gasteiger partial charge in [0.05, 0.1) is 13.2 Å². The van der Waals surface area contributed by atoms with Crippen LogP contribution in [-0.4, -0.2) is 23.4 Å². The molecule has 1 aromatic carbocycles. The predicted molar refractivity (Wildman–Crippen MR) is 62.4 cm³/mol. The van der Waals surface area contributed by atoms with Crippen molar-refractivity contribution in [2.45, 2.75) is 25.9 Å². The van der Waals surface area contributed by atoms with Crippen molar-refractivity contribution < 1.29 is 14.9 Å². The summed E-state index contributed by atoms with van der Waals surface area (Å²) >= 11 is 3.40. The Morgan fingerprint density at radius 3 is 2.67 bits per heavy atom. The van der Waals surface area contributed by atoms with Gasteiger partial charge in [0.15, 0.2) is 11.5 Å². The van der Waals surface area contributed by atoms with Gasteiger partial charge in [0.2, 0.25) is 0 Å². The molecule has 0 fully saturated rings. The predicted octanol–water partition coefficient (Wildman–Crippen LogP) is 2.48. The molecule has 2 N–H and O–H groups in total. The molecule has 3 nitrogen and oxygen atoms in total. The summed E-state index contributed by atoms with van der Waals surface area (Å²) in [6, 6.07) is 3.39. The molecule has 0 heterocycles. The maximum atomic E-state index is 9.57. The van der Waals surface area contributed by atoms with E-state index in [1.165, 1.54) is 7.11 Å². The van der Waals surface area contributed by atoms with Crippen molar-refractivity contribution in [1.29, 1.82) is 0 Å². The quantitative estimate of drug-likeness (QED) is 0.887. The van der Waals surface area contributed by atoms with Gasteiger partial charge in [-0.15, -0.1) is 0 Å². The zero-order chi connectivity index (χ0) is 11.4. The zero-order valence-corrected chi connectivity index (χ0v) is 10.4. The van der Waals surface area contributed by atoms with Crippen LogP contribution in [0, 0.1) is 0 Å². The molecule has 0 bridgehead atoms. The zero-order valence-electron chi connectivity index (χ0n) is 8.83. The van der Waals surface area contributed by atoms with Crippen molar-refractivity contribution >= 4 is 15.9 Å². The fourth-order valence-corrected chi connectivity index (χ4v) is 1.83. The van der Waals surface area contributed by atoms with Crippen LogP contribution < -0.4 is 4.74 Å². The third-order valence-electron chi connectivity index (χ3n) is 2.18. The number of hydrogen-bond acceptors (Lipinski definition) is 3. The number of halogens is 1. The maximum absolute atomic E-state index is 9.57. The van der Waals surface area contributed by atoms with Crippen LogP contribution in [-0.2, 0) is 6.42 Å². The molecule has 0 radical (unpaired) electrons. The molecule has 0 aliphatic carbocycles. The van der Waals surface area contributed by atoms with Crippen molar-refractivity contribution in [2.75, 3.05) is 7.11 Å². The van der Waals surface area contributed by atoms with E-state index in [4.69, 9.17) is 4.74 Å². The van der Waals surface area contributed by atoms with Gasteiger partial charge in [-0.2, -0.15) is 0 Å². The highest BCUT2D eigenvalue weighted by atomic mass is 79.9. The lowest BCUT2D eigenvalue weighted by molar-refractivity contribution is 0.185. The second-order valence-corrected chi connectivity index (χ2v) is 4.36. The fraction of sp³-hybridized carbons (Fsp3) is 0.455. The van der Waals surface area contributed by atoms with Crippen molar-refractivity contribution in [3.05, 3.63) is 22.2 Å². The van der Waals surface area contributed by atoms with E-state index in [-0.39, 0.29) is 11.9 Å². The summed E-state index contributed by atoms with van der Waals surface area (Å²) in [6.07, 6.45) is 1.06. The number of aromatic hydroxyl groups is 1. The van der Waals surface area contributed by atoms with Gasteiger partial charge in [0, 0.05) is 4.47 Å². The van der Waals surface area contributed by atoms with Crippen LogP contribution in [0.25, 0.3) is 0 Å². The number of benzene rings is 1. The molecule has 0 spiro atoms. The molecule has 15 heavy (non-hydrogen) atoms. The highest BCUT2D eigenvalue weighted by molar-refractivity contribution is 9.10. The van der Waals surface area contributed by atoms with Gasteiger partial charge in [-0.05, 0) is 37.5 Å². The second kappa shape index (κ2) is 5.37. The normalized spacial score (nSPS) is 12.5. The largest absolute Gasteiger partial charge is 0.504 e. The Labute approximate surface area is 97.8 Å². The van der Waals surface area contributed by atoms with E-state index in [1.54, 1.807) is 19.1 Å². The Morgan fingerprint density at radius 2 is 2.13 bits per heavy atom. The van der Waals surface area contributed by atoms with Crippen LogP contribution in [0.5, 0.6) is 11.5 Å². The number of ether oxygens (including phenoxy) is 1. The number of methoxy groups -OCH3 is 1. The summed E-state index contributed by atoms with van der Waals surface area (Å²) in [4.78, 5) is 0. The molecule has 4 heteroatoms. The summed E-state index contributed by atoms with van der Waals surface area (Å²) in [5.41, 5.74) is 0.967. The monoisotopic (exact) mass is 274 g/mol. The van der Waals surface area contributed by atoms with Crippen LogP contribution in [0.2, 0.25) is 0 Å². The topological polar surface area (TPSA) is 49.7 Å². The summed E-state index contributed by atoms with van der Waals surface area (Å²) < 4.78 is 5.86. The summed E-state index contributed by atoms with van der Waals surface area (Å²) in [7, 11) is 1.51. The molecule has 1 rings (SSSR count). The number of phenols is 1. The average Bonchev–Trinajstić information content (AvgIpc) is 2.18. The molecule has 0 aliphatic heterocycles. The Kier molecular flexibility index (Phi) is 4.42. The van der Waals surface area contributed by atoms with Crippen LogP contribution in [0.4, 0.5) is 0 Å². The van der Waals surface area contributed by atoms with Gasteiger partial charge in [-0.3, -0.25) is 0 Å². The Hall–Kier alpha value is -0.740. The molecule has 0 aromatic heterocycles. The Morgan fingerprint density at radius 1 is 1.47 bits per heavy atom. The van der Waals surface area contributed by atoms with E-state index in [1.807, 2.05) is 0 Å². The van der Waals surface area contributed by atoms with Gasteiger partial charge in [-0.25, -0.2) is 0 Å². The van der Waals surface area contributed by atoms with Gasteiger partial charge in [-0.1, -0.05) is 15.9 Å². The third kappa shape index (κ3) is 3.39. The summed E-state index contributed by atoms with van der Waals surface area (Å²) in [5, 5.41) is 18.7. The van der Waals surface area contributed by atoms with Gasteiger partial charge < -0.3 is 14.9 Å². The van der Waals surface area contributed by atoms with Crippen LogP contribution in [0.15, 0.2) is 16.6 Å². The Balaban J connectivity index is 2.85. The van der Waals surface area contributed by atoms with Crippen LogP contribution in [0.1, 0.15) is 18.9 Å². The van der Waals surface area contributed by atoms with Crippen LogP contribution >= 0.6 is 15.9 Å². The molecule has 1 aromatic rings. The minimum Gasteiger partial charge on any atom is -0.504 e. The lowest BCUT2D eigenvalue weighted by atomic mass is 10.1. The third-order valence-corrected chi connectivity index (χ3v) is 2.92. The summed E-state index contributed by atoms with van der Waals surface area (Å²) in [6.45, 7) is 1.75. The molecule has 84 valence electrons. The van der Waals surface area contributed by atoms with E-state index < -0.39 is 0 Å². The first-order valence-corrected chi connectivity index (χ1v) is 5.57. The minimum atomic E-state index is -0.332. The highest BCUT2D eigenvalue weighted by Crippen LogP contribution is 2.32. The van der Waals surface area contributed by atoms with Crippen molar-refractivity contribution in [2.24, 2.45) is 0 Å². The maximum Gasteiger partial charge on any atom is 0.161 e. The van der Waals surface area contributed by atoms with Crippen LogP contribution in [0.3, 0.4) is 0 Å². The lowest BCUT2D eigenvalue weighted by Crippen LogP contribution is -2.02. The van der Waals surface area contributed by atoms with Crippen molar-refractivity contribution in [3.8, 4) is 11.5 Å². The molecule has 0 aliphatic rings. The molecule has 0 unspecified atom stereocenters. The number of aryl methyl sites for hydroxylation is 1. The number of rotatable bonds is 4. The molecule has 0 saturated heterocycles. The Bertz CT molecular complexity index is 337. The van der Waals surface area contributed by atoms with E-state index in [0.717, 1.165) is 16.5 Å². The molecule has 1 atom stereocenters.